The molecule has 3 heterocycles. The minimum atomic E-state index is -1.22. The first kappa shape index (κ1) is 18.1. The SMILES string of the molecule is C[Si](C)(C)c1ccc(C2C[C@H]3CC[C@@H](C2)N3C(=O)N2CCCCC2)cc1. The average molecular weight is 371 g/mol. The highest BCUT2D eigenvalue weighted by atomic mass is 28.3. The van der Waals surface area contributed by atoms with Crippen LogP contribution in [0.4, 0.5) is 4.79 Å². The van der Waals surface area contributed by atoms with E-state index in [2.05, 4.69) is 53.7 Å². The second-order valence-electron chi connectivity index (χ2n) is 9.66. The molecule has 0 aliphatic carbocycles. The molecule has 3 atom stereocenters. The summed E-state index contributed by atoms with van der Waals surface area (Å²) in [5, 5.41) is 1.54. The second-order valence-corrected chi connectivity index (χ2v) is 14.7. The number of amides is 2. The number of urea groups is 1. The van der Waals surface area contributed by atoms with Gasteiger partial charge in [-0.25, -0.2) is 4.79 Å². The molecule has 0 N–H and O–H groups in total. The summed E-state index contributed by atoms with van der Waals surface area (Å²) in [5.74, 6) is 0.633. The first-order valence-electron chi connectivity index (χ1n) is 10.6. The second kappa shape index (κ2) is 7.03. The van der Waals surface area contributed by atoms with Crippen molar-refractivity contribution >= 4 is 19.3 Å². The zero-order valence-electron chi connectivity index (χ0n) is 16.7. The van der Waals surface area contributed by atoms with Crippen LogP contribution >= 0.6 is 0 Å². The van der Waals surface area contributed by atoms with Crippen molar-refractivity contribution in [3.63, 3.8) is 0 Å². The summed E-state index contributed by atoms with van der Waals surface area (Å²) < 4.78 is 0. The predicted molar refractivity (Wildman–Crippen MR) is 111 cm³/mol. The molecule has 3 saturated heterocycles. The number of fused-ring (bicyclic) bond motifs is 2. The lowest BCUT2D eigenvalue weighted by Crippen LogP contribution is -2.53. The smallest absolute Gasteiger partial charge is 0.320 e. The maximum Gasteiger partial charge on any atom is 0.320 e. The number of likely N-dealkylation sites (tertiary alicyclic amines) is 1. The van der Waals surface area contributed by atoms with Gasteiger partial charge in [-0.2, -0.15) is 0 Å². The fourth-order valence-electron chi connectivity index (χ4n) is 5.27. The monoisotopic (exact) mass is 370 g/mol. The average Bonchev–Trinajstić information content (AvgIpc) is 2.90. The van der Waals surface area contributed by atoms with Crippen molar-refractivity contribution in [3.05, 3.63) is 29.8 Å². The van der Waals surface area contributed by atoms with Gasteiger partial charge in [0.2, 0.25) is 0 Å². The van der Waals surface area contributed by atoms with E-state index in [1.54, 1.807) is 5.19 Å². The van der Waals surface area contributed by atoms with Crippen LogP contribution in [-0.2, 0) is 0 Å². The van der Waals surface area contributed by atoms with Gasteiger partial charge in [0.25, 0.3) is 0 Å². The van der Waals surface area contributed by atoms with Crippen molar-refractivity contribution < 1.29 is 4.79 Å². The molecule has 0 saturated carbocycles. The van der Waals surface area contributed by atoms with Crippen molar-refractivity contribution in [1.29, 1.82) is 0 Å². The lowest BCUT2D eigenvalue weighted by atomic mass is 9.85. The molecule has 3 aliphatic heterocycles. The molecule has 142 valence electrons. The quantitative estimate of drug-likeness (QED) is 0.701. The van der Waals surface area contributed by atoms with E-state index >= 15 is 0 Å². The van der Waals surface area contributed by atoms with E-state index < -0.39 is 8.07 Å². The van der Waals surface area contributed by atoms with Gasteiger partial charge in [0.15, 0.2) is 0 Å². The highest BCUT2D eigenvalue weighted by Gasteiger charge is 2.44. The van der Waals surface area contributed by atoms with Crippen LogP contribution in [0.3, 0.4) is 0 Å². The molecule has 0 radical (unpaired) electrons. The maximum absolute atomic E-state index is 13.1. The van der Waals surface area contributed by atoms with E-state index in [4.69, 9.17) is 0 Å². The minimum absolute atomic E-state index is 0.338. The number of carbonyl (C=O) groups is 1. The molecule has 1 aromatic rings. The summed E-state index contributed by atoms with van der Waals surface area (Å²) in [6, 6.07) is 10.8. The van der Waals surface area contributed by atoms with Gasteiger partial charge in [-0.3, -0.25) is 0 Å². The molecular formula is C22H34N2OSi. The van der Waals surface area contributed by atoms with Crippen LogP contribution in [0, 0.1) is 0 Å². The van der Waals surface area contributed by atoms with Crippen LogP contribution in [0.5, 0.6) is 0 Å². The minimum Gasteiger partial charge on any atom is -0.325 e. The van der Waals surface area contributed by atoms with Gasteiger partial charge in [0, 0.05) is 25.2 Å². The Hall–Kier alpha value is -1.29. The summed E-state index contributed by atoms with van der Waals surface area (Å²) in [5.41, 5.74) is 1.49. The van der Waals surface area contributed by atoms with Crippen LogP contribution in [0.1, 0.15) is 56.4 Å². The van der Waals surface area contributed by atoms with E-state index in [0.717, 1.165) is 25.9 Å². The first-order chi connectivity index (χ1) is 12.4. The molecule has 4 rings (SSSR count). The van der Waals surface area contributed by atoms with E-state index in [1.807, 2.05) is 0 Å². The van der Waals surface area contributed by atoms with Gasteiger partial charge in [0.05, 0.1) is 8.07 Å². The molecule has 0 spiro atoms. The first-order valence-corrected chi connectivity index (χ1v) is 14.1. The summed E-state index contributed by atoms with van der Waals surface area (Å²) in [4.78, 5) is 17.5. The Kier molecular flexibility index (Phi) is 4.89. The Morgan fingerprint density at radius 2 is 1.50 bits per heavy atom. The zero-order chi connectivity index (χ0) is 18.3. The van der Waals surface area contributed by atoms with Gasteiger partial charge in [0.1, 0.15) is 0 Å². The van der Waals surface area contributed by atoms with E-state index in [-0.39, 0.29) is 0 Å². The van der Waals surface area contributed by atoms with Crippen molar-refractivity contribution in [3.8, 4) is 0 Å². The highest BCUT2D eigenvalue weighted by molar-refractivity contribution is 6.88. The highest BCUT2D eigenvalue weighted by Crippen LogP contribution is 2.43. The lowest BCUT2D eigenvalue weighted by Gasteiger charge is -2.42. The standard InChI is InChI=1S/C22H34N2OSi/c1-26(2,3)21-11-7-17(8-12-21)18-15-19-9-10-20(16-18)24(19)22(25)23-13-5-4-6-14-23/h7-8,11-12,18-20H,4-6,9-10,13-16H2,1-3H3/t18?,19-,20+. The van der Waals surface area contributed by atoms with Crippen LogP contribution in [0.15, 0.2) is 24.3 Å². The predicted octanol–water partition coefficient (Wildman–Crippen LogP) is 4.55. The number of rotatable bonds is 2. The largest absolute Gasteiger partial charge is 0.325 e. The van der Waals surface area contributed by atoms with Crippen molar-refractivity contribution in [2.45, 2.75) is 82.6 Å². The van der Waals surface area contributed by atoms with Crippen LogP contribution in [-0.4, -0.2) is 49.1 Å². The normalized spacial score (nSPS) is 29.1. The topological polar surface area (TPSA) is 23.6 Å². The number of benzene rings is 1. The van der Waals surface area contributed by atoms with Crippen molar-refractivity contribution in [2.24, 2.45) is 0 Å². The Labute approximate surface area is 159 Å². The van der Waals surface area contributed by atoms with Crippen LogP contribution in [0.25, 0.3) is 0 Å². The van der Waals surface area contributed by atoms with E-state index in [1.165, 1.54) is 37.7 Å². The van der Waals surface area contributed by atoms with E-state index in [9.17, 15) is 4.79 Å². The number of nitrogens with zero attached hydrogens (tertiary/aromatic N) is 2. The third-order valence-corrected chi connectivity index (χ3v) is 8.89. The van der Waals surface area contributed by atoms with Gasteiger partial charge >= 0.3 is 6.03 Å². The summed E-state index contributed by atoms with van der Waals surface area (Å²) in [6.07, 6.45) is 8.36. The summed E-state index contributed by atoms with van der Waals surface area (Å²) in [7, 11) is -1.22. The molecule has 3 aliphatic rings. The Morgan fingerprint density at radius 3 is 2.04 bits per heavy atom. The van der Waals surface area contributed by atoms with Gasteiger partial charge in [-0.05, 0) is 56.4 Å². The van der Waals surface area contributed by atoms with Crippen molar-refractivity contribution in [2.75, 3.05) is 13.1 Å². The van der Waals surface area contributed by atoms with Crippen LogP contribution < -0.4 is 5.19 Å². The molecule has 1 unspecified atom stereocenters. The molecule has 1 aromatic carbocycles. The molecule has 4 heteroatoms. The molecule has 2 bridgehead atoms. The molecule has 3 nitrogen and oxygen atoms in total. The molecular weight excluding hydrogens is 336 g/mol. The number of piperidine rings is 2. The summed E-state index contributed by atoms with van der Waals surface area (Å²) in [6.45, 7) is 9.17. The zero-order valence-corrected chi connectivity index (χ0v) is 17.7. The van der Waals surface area contributed by atoms with Crippen LogP contribution in [0.2, 0.25) is 19.6 Å². The third-order valence-electron chi connectivity index (χ3n) is 6.83. The van der Waals surface area contributed by atoms with Gasteiger partial charge < -0.3 is 9.80 Å². The Bertz CT molecular complexity index is 631. The third kappa shape index (κ3) is 3.45. The molecule has 2 amide bonds. The van der Waals surface area contributed by atoms with Gasteiger partial charge in [-0.15, -0.1) is 0 Å². The summed E-state index contributed by atoms with van der Waals surface area (Å²) >= 11 is 0. The molecule has 26 heavy (non-hydrogen) atoms. The lowest BCUT2D eigenvalue weighted by molar-refractivity contribution is 0.0991. The fraction of sp³-hybridized carbons (Fsp3) is 0.682. The van der Waals surface area contributed by atoms with E-state index in [0.29, 0.717) is 24.0 Å². The Morgan fingerprint density at radius 1 is 0.923 bits per heavy atom. The fourth-order valence-corrected chi connectivity index (χ4v) is 6.43. The number of hydrogen-bond acceptors (Lipinski definition) is 1. The molecule has 3 fully saturated rings. The molecule has 0 aromatic heterocycles. The van der Waals surface area contributed by atoms with Crippen molar-refractivity contribution in [1.82, 2.24) is 9.80 Å². The number of carbonyl (C=O) groups excluding carboxylic acids is 1. The Balaban J connectivity index is 1.45. The maximum atomic E-state index is 13.1. The van der Waals surface area contributed by atoms with Gasteiger partial charge in [-0.1, -0.05) is 49.1 Å². The number of hydrogen-bond donors (Lipinski definition) is 0.